The van der Waals surface area contributed by atoms with Crippen molar-refractivity contribution >= 4 is 40.7 Å². The second-order valence-electron chi connectivity index (χ2n) is 6.04. The highest BCUT2D eigenvalue weighted by molar-refractivity contribution is 7.09. The number of carbonyl (C=O) groups excluding carboxylic acids is 1. The van der Waals surface area contributed by atoms with Crippen molar-refractivity contribution in [2.24, 2.45) is 12.8 Å². The van der Waals surface area contributed by atoms with Crippen molar-refractivity contribution in [2.45, 2.75) is 13.3 Å². The van der Waals surface area contributed by atoms with Gasteiger partial charge in [0.2, 0.25) is 0 Å². The van der Waals surface area contributed by atoms with E-state index in [1.54, 1.807) is 4.68 Å². The van der Waals surface area contributed by atoms with Crippen LogP contribution in [0.15, 0.2) is 42.6 Å². The lowest BCUT2D eigenvalue weighted by molar-refractivity contribution is 0.100. The van der Waals surface area contributed by atoms with Crippen LogP contribution in [-0.2, 0) is 13.5 Å². The molecular weight excluding hydrogens is 382 g/mol. The highest BCUT2D eigenvalue weighted by atomic mass is 35.5. The number of primary amides is 1. The van der Waals surface area contributed by atoms with Crippen molar-refractivity contribution in [1.29, 1.82) is 0 Å². The van der Waals surface area contributed by atoms with Gasteiger partial charge in [-0.15, -0.1) is 12.4 Å². The summed E-state index contributed by atoms with van der Waals surface area (Å²) in [5.74, 6) is -0.491. The van der Waals surface area contributed by atoms with Gasteiger partial charge in [-0.25, -0.2) is 0 Å². The summed E-state index contributed by atoms with van der Waals surface area (Å²) in [6.07, 6.45) is 2.77. The van der Waals surface area contributed by atoms with Crippen LogP contribution < -0.4 is 5.73 Å². The number of halogens is 1. The number of rotatable bonds is 4. The maximum Gasteiger partial charge on any atom is 0.261 e. The maximum absolute atomic E-state index is 12.0. The van der Waals surface area contributed by atoms with Gasteiger partial charge in [-0.2, -0.15) is 9.47 Å². The number of benzene rings is 1. The Kier molecular flexibility index (Phi) is 5.25. The zero-order valence-corrected chi connectivity index (χ0v) is 16.5. The summed E-state index contributed by atoms with van der Waals surface area (Å²) in [5, 5.41) is 5.41. The van der Waals surface area contributed by atoms with E-state index in [0.717, 1.165) is 45.8 Å². The maximum atomic E-state index is 12.0. The average Bonchev–Trinajstić information content (AvgIpc) is 3.23. The van der Waals surface area contributed by atoms with E-state index in [1.807, 2.05) is 56.6 Å². The largest absolute Gasteiger partial charge is 0.365 e. The van der Waals surface area contributed by atoms with E-state index in [-0.39, 0.29) is 12.4 Å². The zero-order chi connectivity index (χ0) is 18.3. The van der Waals surface area contributed by atoms with Gasteiger partial charge in [0.05, 0.1) is 22.5 Å². The van der Waals surface area contributed by atoms with Gasteiger partial charge in [0.1, 0.15) is 4.88 Å². The minimum atomic E-state index is -0.491. The Bertz CT molecular complexity index is 1130. The monoisotopic (exact) mass is 399 g/mol. The molecule has 0 unspecified atom stereocenters. The van der Waals surface area contributed by atoms with Gasteiger partial charge >= 0.3 is 0 Å². The molecule has 3 heterocycles. The number of aromatic nitrogens is 4. The minimum Gasteiger partial charge on any atom is -0.365 e. The molecule has 2 N–H and O–H groups in total. The van der Waals surface area contributed by atoms with Crippen LogP contribution in [-0.4, -0.2) is 25.0 Å². The van der Waals surface area contributed by atoms with Gasteiger partial charge < -0.3 is 5.73 Å². The number of aryl methyl sites for hydroxylation is 2. The second kappa shape index (κ2) is 7.46. The molecule has 138 valence electrons. The third kappa shape index (κ3) is 3.43. The molecule has 1 amide bonds. The van der Waals surface area contributed by atoms with E-state index >= 15 is 0 Å². The molecule has 1 aromatic carbocycles. The summed E-state index contributed by atoms with van der Waals surface area (Å²) < 4.78 is 6.30. The van der Waals surface area contributed by atoms with Crippen LogP contribution in [0.1, 0.15) is 22.3 Å². The van der Waals surface area contributed by atoms with Crippen LogP contribution in [0.4, 0.5) is 0 Å². The number of fused-ring (bicyclic) bond motifs is 1. The van der Waals surface area contributed by atoms with Gasteiger partial charge in [-0.3, -0.25) is 14.5 Å². The van der Waals surface area contributed by atoms with E-state index in [2.05, 4.69) is 14.5 Å². The standard InChI is InChI=1S/C19H17N5OS.ClH/c1-3-13-5-4-6-15(21-13)16-17(23-26-18(16)19(20)25)11-7-8-14-12(9-11)10-24(2)22-14;/h4-10H,3H2,1-2H3,(H2,20,25);1H. The lowest BCUT2D eigenvalue weighted by Crippen LogP contribution is -2.10. The highest BCUT2D eigenvalue weighted by Gasteiger charge is 2.22. The Morgan fingerprint density at radius 3 is 2.81 bits per heavy atom. The van der Waals surface area contributed by atoms with E-state index < -0.39 is 5.91 Å². The van der Waals surface area contributed by atoms with Crippen LogP contribution in [0, 0.1) is 0 Å². The molecule has 0 saturated heterocycles. The molecule has 0 bridgehead atoms. The molecule has 3 aromatic heterocycles. The van der Waals surface area contributed by atoms with Crippen molar-refractivity contribution < 1.29 is 4.79 Å². The minimum absolute atomic E-state index is 0. The van der Waals surface area contributed by atoms with E-state index in [4.69, 9.17) is 5.73 Å². The Morgan fingerprint density at radius 1 is 1.26 bits per heavy atom. The fourth-order valence-electron chi connectivity index (χ4n) is 3.01. The van der Waals surface area contributed by atoms with Crippen molar-refractivity contribution in [3.63, 3.8) is 0 Å². The summed E-state index contributed by atoms with van der Waals surface area (Å²) in [6, 6.07) is 11.7. The van der Waals surface area contributed by atoms with Gasteiger partial charge in [0, 0.05) is 29.9 Å². The normalized spacial score (nSPS) is 10.7. The first-order chi connectivity index (χ1) is 12.6. The van der Waals surface area contributed by atoms with Gasteiger partial charge in [-0.05, 0) is 42.2 Å². The molecule has 6 nitrogen and oxygen atoms in total. The average molecular weight is 400 g/mol. The molecule has 4 rings (SSSR count). The number of hydrogen-bond acceptors (Lipinski definition) is 5. The highest BCUT2D eigenvalue weighted by Crippen LogP contribution is 2.36. The number of amides is 1. The molecule has 0 atom stereocenters. The van der Waals surface area contributed by atoms with Gasteiger partial charge in [0.15, 0.2) is 0 Å². The molecular formula is C19H18ClN5OS. The number of nitrogens with two attached hydrogens (primary N) is 1. The zero-order valence-electron chi connectivity index (χ0n) is 14.8. The molecule has 4 aromatic rings. The third-order valence-corrected chi connectivity index (χ3v) is 5.10. The molecule has 0 aliphatic rings. The lowest BCUT2D eigenvalue weighted by atomic mass is 10.0. The van der Waals surface area contributed by atoms with Crippen molar-refractivity contribution in [1.82, 2.24) is 19.1 Å². The van der Waals surface area contributed by atoms with Crippen LogP contribution in [0.25, 0.3) is 33.4 Å². The van der Waals surface area contributed by atoms with Crippen molar-refractivity contribution in [3.05, 3.63) is 53.2 Å². The summed E-state index contributed by atoms with van der Waals surface area (Å²) in [4.78, 5) is 17.1. The first-order valence-corrected chi connectivity index (χ1v) is 9.03. The summed E-state index contributed by atoms with van der Waals surface area (Å²) in [5.41, 5.74) is 10.5. The Hall–Kier alpha value is -2.77. The Labute approximate surface area is 166 Å². The predicted molar refractivity (Wildman–Crippen MR) is 110 cm³/mol. The second-order valence-corrected chi connectivity index (χ2v) is 6.82. The topological polar surface area (TPSA) is 86.7 Å². The Morgan fingerprint density at radius 2 is 2.07 bits per heavy atom. The molecule has 0 fully saturated rings. The number of pyridine rings is 1. The van der Waals surface area contributed by atoms with Gasteiger partial charge in [0.25, 0.3) is 5.91 Å². The smallest absolute Gasteiger partial charge is 0.261 e. The third-order valence-electron chi connectivity index (χ3n) is 4.23. The first-order valence-electron chi connectivity index (χ1n) is 8.26. The van der Waals surface area contributed by atoms with Crippen LogP contribution in [0.5, 0.6) is 0 Å². The summed E-state index contributed by atoms with van der Waals surface area (Å²) in [6.45, 7) is 2.05. The number of hydrogen-bond donors (Lipinski definition) is 1. The SMILES string of the molecule is CCc1cccc(-c2c(-c3ccc4nn(C)cc4c3)nsc2C(N)=O)n1.Cl. The van der Waals surface area contributed by atoms with Crippen LogP contribution in [0.3, 0.4) is 0 Å². The molecule has 0 spiro atoms. The van der Waals surface area contributed by atoms with Crippen molar-refractivity contribution in [2.75, 3.05) is 0 Å². The molecule has 0 aliphatic heterocycles. The van der Waals surface area contributed by atoms with Crippen LogP contribution >= 0.6 is 23.9 Å². The molecule has 27 heavy (non-hydrogen) atoms. The van der Waals surface area contributed by atoms with Gasteiger partial charge in [-0.1, -0.05) is 19.1 Å². The molecule has 0 radical (unpaired) electrons. The van der Waals surface area contributed by atoms with E-state index in [9.17, 15) is 4.79 Å². The number of nitrogens with zero attached hydrogens (tertiary/aromatic N) is 4. The van der Waals surface area contributed by atoms with Crippen molar-refractivity contribution in [3.8, 4) is 22.5 Å². The first kappa shape index (κ1) is 19.0. The Balaban J connectivity index is 0.00000210. The van der Waals surface area contributed by atoms with E-state index in [0.29, 0.717) is 16.1 Å². The number of carbonyl (C=O) groups is 1. The predicted octanol–water partition coefficient (Wildman–Crippen LogP) is 3.84. The quantitative estimate of drug-likeness (QED) is 0.564. The van der Waals surface area contributed by atoms with Crippen LogP contribution in [0.2, 0.25) is 0 Å². The summed E-state index contributed by atoms with van der Waals surface area (Å²) in [7, 11) is 1.89. The summed E-state index contributed by atoms with van der Waals surface area (Å²) >= 11 is 1.11. The molecule has 0 saturated carbocycles. The lowest BCUT2D eigenvalue weighted by Gasteiger charge is -2.06. The molecule has 0 aliphatic carbocycles. The fraction of sp³-hybridized carbons (Fsp3) is 0.158. The fourth-order valence-corrected chi connectivity index (χ4v) is 3.77. The molecule has 8 heteroatoms. The van der Waals surface area contributed by atoms with E-state index in [1.165, 1.54) is 0 Å².